The Morgan fingerprint density at radius 1 is 1.00 bits per heavy atom. The van der Waals surface area contributed by atoms with Gasteiger partial charge in [-0.25, -0.2) is 9.97 Å². The quantitative estimate of drug-likeness (QED) is 0.296. The summed E-state index contributed by atoms with van der Waals surface area (Å²) in [5.74, 6) is 1.43. The van der Waals surface area contributed by atoms with Crippen LogP contribution in [0.4, 0.5) is 11.5 Å². The molecule has 0 spiro atoms. The Morgan fingerprint density at radius 3 is 2.54 bits per heavy atom. The number of aryl methyl sites for hydroxylation is 2. The smallest absolute Gasteiger partial charge is 0.145 e. The maximum absolute atomic E-state index is 6.47. The van der Waals surface area contributed by atoms with Gasteiger partial charge in [-0.15, -0.1) is 0 Å². The van der Waals surface area contributed by atoms with Crippen molar-refractivity contribution >= 4 is 33.3 Å². The van der Waals surface area contributed by atoms with E-state index in [1.165, 1.54) is 0 Å². The van der Waals surface area contributed by atoms with E-state index in [1.54, 1.807) is 11.0 Å². The van der Waals surface area contributed by atoms with Gasteiger partial charge in [-0.2, -0.15) is 5.10 Å². The molecule has 2 aromatic carbocycles. The fourth-order valence-corrected chi connectivity index (χ4v) is 4.29. The lowest BCUT2D eigenvalue weighted by Crippen LogP contribution is -2.28. The molecule has 3 aromatic heterocycles. The van der Waals surface area contributed by atoms with E-state index in [9.17, 15) is 0 Å². The van der Waals surface area contributed by atoms with Crippen LogP contribution in [0, 0.1) is 6.92 Å². The second-order valence-electron chi connectivity index (χ2n) is 9.17. The summed E-state index contributed by atoms with van der Waals surface area (Å²) in [6.45, 7) is 8.85. The highest BCUT2D eigenvalue weighted by molar-refractivity contribution is 5.99. The minimum atomic E-state index is -0.0274. The van der Waals surface area contributed by atoms with Crippen LogP contribution in [-0.4, -0.2) is 56.4 Å². The first-order valence-electron chi connectivity index (χ1n) is 12.6. The lowest BCUT2D eigenvalue weighted by atomic mass is 10.1. The van der Waals surface area contributed by atoms with Gasteiger partial charge in [0, 0.05) is 42.1 Å². The highest BCUT2D eigenvalue weighted by Gasteiger charge is 2.17. The van der Waals surface area contributed by atoms with Crippen molar-refractivity contribution in [1.29, 1.82) is 0 Å². The lowest BCUT2D eigenvalue weighted by Gasteiger charge is -2.21. The number of nitrogens with one attached hydrogen (secondary N) is 1. The van der Waals surface area contributed by atoms with Crippen molar-refractivity contribution in [1.82, 2.24) is 29.6 Å². The average molecular weight is 498 g/mol. The molecule has 0 aliphatic carbocycles. The van der Waals surface area contributed by atoms with Crippen molar-refractivity contribution in [2.45, 2.75) is 33.8 Å². The number of fused-ring (bicyclic) bond motifs is 2. The Bertz CT molecular complexity index is 1510. The maximum atomic E-state index is 6.47. The summed E-state index contributed by atoms with van der Waals surface area (Å²) in [5.41, 5.74) is 5.68. The number of benzene rings is 2. The van der Waals surface area contributed by atoms with Crippen LogP contribution < -0.4 is 10.1 Å². The Labute approximate surface area is 218 Å². The normalized spacial score (nSPS) is 11.9. The minimum absolute atomic E-state index is 0.0274. The molecule has 0 amide bonds. The van der Waals surface area contributed by atoms with Gasteiger partial charge < -0.3 is 15.0 Å². The zero-order chi connectivity index (χ0) is 26.5. The molecule has 192 valence electrons. The standard InChI is InChI=1S/C27H29N7O.C2H6/c1-17-6-7-19-10-22(8-9-23(19)31-17)32-27-26-24(28-16-29-27)11-20(21-13-30-34(5)15-21)12-25(26)35-18(2)14-33(3)4;1-2/h6-13,15-16,18H,14H2,1-5H3,(H,28,29,32);1-2H3. The fourth-order valence-electron chi connectivity index (χ4n) is 4.29. The number of rotatable bonds is 7. The summed E-state index contributed by atoms with van der Waals surface area (Å²) in [6.07, 6.45) is 5.38. The predicted molar refractivity (Wildman–Crippen MR) is 151 cm³/mol. The summed E-state index contributed by atoms with van der Waals surface area (Å²) >= 11 is 0. The SMILES string of the molecule is CC.Cc1ccc2cc(Nc3ncnc4cc(-c5cnn(C)c5)cc(OC(C)CN(C)C)c34)ccc2n1. The van der Waals surface area contributed by atoms with Gasteiger partial charge in [0.25, 0.3) is 0 Å². The van der Waals surface area contributed by atoms with Gasteiger partial charge in [-0.3, -0.25) is 9.67 Å². The molecule has 1 N–H and O–H groups in total. The van der Waals surface area contributed by atoms with Crippen LogP contribution in [-0.2, 0) is 7.05 Å². The van der Waals surface area contributed by atoms with Crippen LogP contribution in [0.5, 0.6) is 5.75 Å². The van der Waals surface area contributed by atoms with Gasteiger partial charge in [-0.1, -0.05) is 19.9 Å². The summed E-state index contributed by atoms with van der Waals surface area (Å²) in [5, 5.41) is 9.72. The molecule has 0 aliphatic heterocycles. The van der Waals surface area contributed by atoms with Gasteiger partial charge >= 0.3 is 0 Å². The number of anilines is 2. The zero-order valence-electron chi connectivity index (χ0n) is 22.6. The van der Waals surface area contributed by atoms with E-state index < -0.39 is 0 Å². The van der Waals surface area contributed by atoms with E-state index in [0.717, 1.165) is 56.6 Å². The van der Waals surface area contributed by atoms with E-state index in [-0.39, 0.29) is 6.10 Å². The van der Waals surface area contributed by atoms with E-state index >= 15 is 0 Å². The molecule has 1 atom stereocenters. The molecule has 0 radical (unpaired) electrons. The van der Waals surface area contributed by atoms with Gasteiger partial charge in [0.2, 0.25) is 0 Å². The highest BCUT2D eigenvalue weighted by Crippen LogP contribution is 2.37. The molecule has 1 unspecified atom stereocenters. The van der Waals surface area contributed by atoms with Crippen molar-refractivity contribution in [2.75, 3.05) is 26.0 Å². The predicted octanol–water partition coefficient (Wildman–Crippen LogP) is 5.99. The van der Waals surface area contributed by atoms with E-state index in [2.05, 4.69) is 55.4 Å². The van der Waals surface area contributed by atoms with Crippen LogP contribution in [0.3, 0.4) is 0 Å². The average Bonchev–Trinajstić information content (AvgIpc) is 3.31. The molecule has 0 aliphatic rings. The molecule has 3 heterocycles. The van der Waals surface area contributed by atoms with Gasteiger partial charge in [0.1, 0.15) is 24.0 Å². The van der Waals surface area contributed by atoms with Crippen LogP contribution in [0.1, 0.15) is 26.5 Å². The monoisotopic (exact) mass is 497 g/mol. The molecule has 5 rings (SSSR count). The summed E-state index contributed by atoms with van der Waals surface area (Å²) in [6, 6.07) is 14.3. The number of pyridine rings is 1. The van der Waals surface area contributed by atoms with Gasteiger partial charge in [0.05, 0.1) is 22.6 Å². The minimum Gasteiger partial charge on any atom is -0.489 e. The van der Waals surface area contributed by atoms with Crippen molar-refractivity contribution < 1.29 is 4.74 Å². The first kappa shape index (κ1) is 26.0. The Balaban J connectivity index is 0.00000156. The van der Waals surface area contributed by atoms with Crippen molar-refractivity contribution in [2.24, 2.45) is 7.05 Å². The number of hydrogen-bond donors (Lipinski definition) is 1. The Kier molecular flexibility index (Phi) is 7.98. The molecule has 5 aromatic rings. The van der Waals surface area contributed by atoms with Crippen molar-refractivity contribution in [3.63, 3.8) is 0 Å². The second kappa shape index (κ2) is 11.3. The highest BCUT2D eigenvalue weighted by atomic mass is 16.5. The van der Waals surface area contributed by atoms with E-state index in [4.69, 9.17) is 4.74 Å². The van der Waals surface area contributed by atoms with Crippen LogP contribution in [0.15, 0.2) is 61.2 Å². The van der Waals surface area contributed by atoms with Gasteiger partial charge in [0.15, 0.2) is 0 Å². The summed E-state index contributed by atoms with van der Waals surface area (Å²) in [7, 11) is 5.98. The van der Waals surface area contributed by atoms with Crippen molar-refractivity contribution in [3.05, 3.63) is 66.9 Å². The molecule has 0 saturated heterocycles. The third-order valence-electron chi connectivity index (χ3n) is 5.78. The molecule has 0 bridgehead atoms. The molecular weight excluding hydrogens is 462 g/mol. The number of hydrogen-bond acceptors (Lipinski definition) is 7. The van der Waals surface area contributed by atoms with E-state index in [0.29, 0.717) is 5.82 Å². The molecular formula is C29H35N7O. The topological polar surface area (TPSA) is 81.0 Å². The molecule has 37 heavy (non-hydrogen) atoms. The van der Waals surface area contributed by atoms with Gasteiger partial charge in [-0.05, 0) is 69.9 Å². The zero-order valence-corrected chi connectivity index (χ0v) is 22.6. The molecule has 0 fully saturated rings. The third-order valence-corrected chi connectivity index (χ3v) is 5.78. The second-order valence-corrected chi connectivity index (χ2v) is 9.17. The number of nitrogens with zero attached hydrogens (tertiary/aromatic N) is 6. The summed E-state index contributed by atoms with van der Waals surface area (Å²) < 4.78 is 8.26. The molecule has 0 saturated carbocycles. The number of aromatic nitrogens is 5. The number of ether oxygens (including phenoxy) is 1. The lowest BCUT2D eigenvalue weighted by molar-refractivity contribution is 0.179. The number of likely N-dealkylation sites (N-methyl/N-ethyl adjacent to an activating group) is 1. The Hall–Kier alpha value is -4.04. The molecule has 8 nitrogen and oxygen atoms in total. The van der Waals surface area contributed by atoms with Crippen molar-refractivity contribution in [3.8, 4) is 16.9 Å². The fraction of sp³-hybridized carbons (Fsp3) is 0.310. The maximum Gasteiger partial charge on any atom is 0.145 e. The first-order chi connectivity index (χ1) is 17.9. The third kappa shape index (κ3) is 6.03. The summed E-state index contributed by atoms with van der Waals surface area (Å²) in [4.78, 5) is 15.9. The van der Waals surface area contributed by atoms with Crippen LogP contribution in [0.2, 0.25) is 0 Å². The molecule has 8 heteroatoms. The largest absolute Gasteiger partial charge is 0.489 e. The first-order valence-corrected chi connectivity index (χ1v) is 12.6. The van der Waals surface area contributed by atoms with Crippen LogP contribution >= 0.6 is 0 Å². The van der Waals surface area contributed by atoms with E-state index in [1.807, 2.05) is 78.6 Å². The van der Waals surface area contributed by atoms with Crippen LogP contribution in [0.25, 0.3) is 32.9 Å². The Morgan fingerprint density at radius 2 is 1.81 bits per heavy atom.